The number of benzene rings is 3. The number of fused-ring (bicyclic) bond motifs is 3. The Balaban J connectivity index is 1.52. The molecule has 1 amide bonds. The van der Waals surface area contributed by atoms with Crippen molar-refractivity contribution in [3.8, 4) is 0 Å². The summed E-state index contributed by atoms with van der Waals surface area (Å²) in [7, 11) is 0. The second-order valence-corrected chi connectivity index (χ2v) is 7.54. The first-order chi connectivity index (χ1) is 15.7. The number of aromatic nitrogens is 1. The second-order valence-electron chi connectivity index (χ2n) is 7.54. The van der Waals surface area contributed by atoms with Gasteiger partial charge in [-0.3, -0.25) is 4.79 Å². The Bertz CT molecular complexity index is 1310. The summed E-state index contributed by atoms with van der Waals surface area (Å²) in [5, 5.41) is 1.03. The first-order valence-electron chi connectivity index (χ1n) is 10.4. The van der Waals surface area contributed by atoms with Crippen LogP contribution < -0.4 is 5.48 Å². The molecular weight excluding hydrogens is 402 g/mol. The highest BCUT2D eigenvalue weighted by Gasteiger charge is 2.28. The molecule has 6 nitrogen and oxygen atoms in total. The van der Waals surface area contributed by atoms with Crippen LogP contribution in [0.1, 0.15) is 21.6 Å². The third kappa shape index (κ3) is 3.74. The van der Waals surface area contributed by atoms with Crippen molar-refractivity contribution in [2.75, 3.05) is 12.0 Å². The lowest BCUT2D eigenvalue weighted by molar-refractivity contribution is -0.133. The number of carbonyl (C=O) groups is 2. The van der Waals surface area contributed by atoms with E-state index in [9.17, 15) is 9.59 Å². The molecule has 0 saturated carbocycles. The number of hydrogen-bond donors (Lipinski definition) is 2. The standard InChI is InChI=1S/C26H21N3O3/c30-25(18-9-3-1-4-10-18)29-16-15-21-20-13-7-8-14-23(20)27-24(21)22(17-29)26(31)32-28-19-11-5-2-6-12-19/h1-14,17,27-28H,15-16H2. The Kier molecular flexibility index (Phi) is 5.17. The minimum Gasteiger partial charge on any atom is -0.354 e. The van der Waals surface area contributed by atoms with E-state index in [1.807, 2.05) is 60.7 Å². The van der Waals surface area contributed by atoms with Crippen molar-refractivity contribution in [1.29, 1.82) is 0 Å². The molecule has 4 aromatic rings. The maximum atomic E-state index is 13.2. The Morgan fingerprint density at radius 2 is 1.56 bits per heavy atom. The molecule has 1 aliphatic rings. The highest BCUT2D eigenvalue weighted by atomic mass is 16.7. The Morgan fingerprint density at radius 3 is 2.34 bits per heavy atom. The SMILES string of the molecule is O=C(ONc1ccccc1)C1=CN(C(=O)c2ccccc2)CCc2c1[nH]c1ccccc21. The normalized spacial score (nSPS) is 13.1. The van der Waals surface area contributed by atoms with Crippen molar-refractivity contribution >= 4 is 34.0 Å². The van der Waals surface area contributed by atoms with E-state index in [1.54, 1.807) is 35.4 Å². The molecule has 158 valence electrons. The number of rotatable bonds is 4. The first kappa shape index (κ1) is 19.6. The zero-order valence-corrected chi connectivity index (χ0v) is 17.2. The third-order valence-electron chi connectivity index (χ3n) is 5.51. The average Bonchev–Trinajstić information content (AvgIpc) is 3.11. The fourth-order valence-corrected chi connectivity index (χ4v) is 3.93. The largest absolute Gasteiger partial charge is 0.366 e. The smallest absolute Gasteiger partial charge is 0.354 e. The van der Waals surface area contributed by atoms with Crippen LogP contribution in [0.2, 0.25) is 0 Å². The van der Waals surface area contributed by atoms with Crippen LogP contribution in [-0.4, -0.2) is 28.3 Å². The number of hydrogen-bond acceptors (Lipinski definition) is 4. The quantitative estimate of drug-likeness (QED) is 0.464. The molecule has 32 heavy (non-hydrogen) atoms. The van der Waals surface area contributed by atoms with E-state index in [0.29, 0.717) is 35.5 Å². The Hall–Kier alpha value is -4.32. The summed E-state index contributed by atoms with van der Waals surface area (Å²) in [5.41, 5.74) is 6.82. The monoisotopic (exact) mass is 423 g/mol. The van der Waals surface area contributed by atoms with Gasteiger partial charge in [-0.1, -0.05) is 54.6 Å². The number of carbonyl (C=O) groups excluding carboxylic acids is 2. The van der Waals surface area contributed by atoms with E-state index in [4.69, 9.17) is 4.84 Å². The van der Waals surface area contributed by atoms with Gasteiger partial charge in [-0.25, -0.2) is 10.3 Å². The van der Waals surface area contributed by atoms with Crippen molar-refractivity contribution in [2.24, 2.45) is 0 Å². The average molecular weight is 423 g/mol. The molecule has 1 aromatic heterocycles. The topological polar surface area (TPSA) is 74.4 Å². The van der Waals surface area contributed by atoms with Crippen LogP contribution in [0.3, 0.4) is 0 Å². The van der Waals surface area contributed by atoms with Crippen LogP contribution in [0.15, 0.2) is 91.1 Å². The number of amides is 1. The van der Waals surface area contributed by atoms with Gasteiger partial charge in [-0.05, 0) is 42.3 Å². The number of para-hydroxylation sites is 2. The van der Waals surface area contributed by atoms with Gasteiger partial charge in [-0.2, -0.15) is 0 Å². The molecule has 0 spiro atoms. The molecule has 0 bridgehead atoms. The number of nitrogens with one attached hydrogen (secondary N) is 2. The van der Waals surface area contributed by atoms with Crippen molar-refractivity contribution < 1.29 is 14.4 Å². The van der Waals surface area contributed by atoms with Crippen LogP contribution in [0.25, 0.3) is 16.5 Å². The van der Waals surface area contributed by atoms with Crippen LogP contribution in [0, 0.1) is 0 Å². The van der Waals surface area contributed by atoms with Crippen molar-refractivity contribution in [3.63, 3.8) is 0 Å². The highest BCUT2D eigenvalue weighted by Crippen LogP contribution is 2.31. The van der Waals surface area contributed by atoms with Crippen LogP contribution >= 0.6 is 0 Å². The van der Waals surface area contributed by atoms with Crippen molar-refractivity contribution in [1.82, 2.24) is 9.88 Å². The lowest BCUT2D eigenvalue weighted by Gasteiger charge is -2.18. The van der Waals surface area contributed by atoms with Crippen molar-refractivity contribution in [2.45, 2.75) is 6.42 Å². The molecule has 0 aliphatic carbocycles. The molecule has 0 saturated heterocycles. The summed E-state index contributed by atoms with van der Waals surface area (Å²) in [6, 6.07) is 26.1. The molecule has 0 fully saturated rings. The number of nitrogens with zero attached hydrogens (tertiary/aromatic N) is 1. The maximum Gasteiger partial charge on any atom is 0.366 e. The highest BCUT2D eigenvalue weighted by molar-refractivity contribution is 6.18. The summed E-state index contributed by atoms with van der Waals surface area (Å²) < 4.78 is 0. The van der Waals surface area contributed by atoms with E-state index in [-0.39, 0.29) is 5.91 Å². The van der Waals surface area contributed by atoms with Gasteiger partial charge in [0.1, 0.15) is 5.57 Å². The summed E-state index contributed by atoms with van der Waals surface area (Å²) in [4.78, 5) is 36.6. The fraction of sp³-hybridized carbons (Fsp3) is 0.0769. The Morgan fingerprint density at radius 1 is 0.875 bits per heavy atom. The van der Waals surface area contributed by atoms with Gasteiger partial charge in [-0.15, -0.1) is 0 Å². The molecule has 3 aromatic carbocycles. The zero-order valence-electron chi connectivity index (χ0n) is 17.2. The van der Waals surface area contributed by atoms with Gasteiger partial charge in [0.15, 0.2) is 0 Å². The number of aromatic amines is 1. The van der Waals surface area contributed by atoms with Gasteiger partial charge in [0.2, 0.25) is 0 Å². The van der Waals surface area contributed by atoms with Crippen LogP contribution in [0.4, 0.5) is 5.69 Å². The first-order valence-corrected chi connectivity index (χ1v) is 10.4. The maximum absolute atomic E-state index is 13.2. The summed E-state index contributed by atoms with van der Waals surface area (Å²) >= 11 is 0. The molecule has 0 atom stereocenters. The summed E-state index contributed by atoms with van der Waals surface area (Å²) in [6.07, 6.45) is 2.20. The van der Waals surface area contributed by atoms with Gasteiger partial charge >= 0.3 is 5.97 Å². The van der Waals surface area contributed by atoms with E-state index >= 15 is 0 Å². The third-order valence-corrected chi connectivity index (χ3v) is 5.51. The molecule has 0 radical (unpaired) electrons. The summed E-state index contributed by atoms with van der Waals surface area (Å²) in [6.45, 7) is 0.450. The molecule has 5 rings (SSSR count). The molecule has 0 unspecified atom stereocenters. The predicted molar refractivity (Wildman–Crippen MR) is 124 cm³/mol. The van der Waals surface area contributed by atoms with Crippen LogP contribution in [0.5, 0.6) is 0 Å². The van der Waals surface area contributed by atoms with Gasteiger partial charge in [0.25, 0.3) is 5.91 Å². The van der Waals surface area contributed by atoms with Crippen molar-refractivity contribution in [3.05, 3.63) is 108 Å². The minimum atomic E-state index is -0.575. The number of H-pyrrole nitrogens is 1. The van der Waals surface area contributed by atoms with E-state index in [0.717, 1.165) is 16.5 Å². The van der Waals surface area contributed by atoms with E-state index < -0.39 is 5.97 Å². The molecular formula is C26H21N3O3. The predicted octanol–water partition coefficient (Wildman–Crippen LogP) is 4.78. The lowest BCUT2D eigenvalue weighted by Crippen LogP contribution is -2.28. The van der Waals surface area contributed by atoms with E-state index in [1.165, 1.54) is 0 Å². The zero-order chi connectivity index (χ0) is 21.9. The number of anilines is 1. The second kappa shape index (κ2) is 8.43. The molecule has 2 heterocycles. The molecule has 1 aliphatic heterocycles. The lowest BCUT2D eigenvalue weighted by atomic mass is 10.0. The minimum absolute atomic E-state index is 0.165. The fourth-order valence-electron chi connectivity index (χ4n) is 3.93. The van der Waals surface area contributed by atoms with Gasteiger partial charge in [0, 0.05) is 29.2 Å². The Labute approximate surface area is 185 Å². The van der Waals surface area contributed by atoms with Crippen LogP contribution in [-0.2, 0) is 16.1 Å². The van der Waals surface area contributed by atoms with Gasteiger partial charge in [0.05, 0.1) is 11.4 Å². The molecule has 2 N–H and O–H groups in total. The van der Waals surface area contributed by atoms with Gasteiger partial charge < -0.3 is 14.7 Å². The summed E-state index contributed by atoms with van der Waals surface area (Å²) in [5.74, 6) is -0.740. The van der Waals surface area contributed by atoms with E-state index in [2.05, 4.69) is 10.5 Å². The molecule has 6 heteroatoms.